The van der Waals surface area contributed by atoms with Crippen LogP contribution in [0.3, 0.4) is 0 Å². The molecule has 0 heterocycles. The number of quaternary nitrogens is 1. The maximum absolute atomic E-state index is 12.6. The fraction of sp³-hybridized carbons (Fsp3) is 0.646. The summed E-state index contributed by atoms with van der Waals surface area (Å²) in [6, 6.07) is -0.625. The summed E-state index contributed by atoms with van der Waals surface area (Å²) in [5, 5.41) is 9.59. The third-order valence-electron chi connectivity index (χ3n) is 9.04. The molecule has 0 aromatic carbocycles. The van der Waals surface area contributed by atoms with Gasteiger partial charge in [0.1, 0.15) is 6.61 Å². The monoisotopic (exact) mass is 783 g/mol. The van der Waals surface area contributed by atoms with Crippen molar-refractivity contribution in [2.24, 2.45) is 0 Å². The van der Waals surface area contributed by atoms with Crippen LogP contribution in [0.2, 0.25) is 0 Å². The first-order valence-corrected chi connectivity index (χ1v) is 21.6. The van der Waals surface area contributed by atoms with Crippen molar-refractivity contribution >= 4 is 17.9 Å². The van der Waals surface area contributed by atoms with E-state index < -0.39 is 18.1 Å². The largest absolute Gasteiger partial charge is 0.477 e. The van der Waals surface area contributed by atoms with Gasteiger partial charge in [0.15, 0.2) is 12.1 Å². The molecule has 0 radical (unpaired) electrons. The molecule has 318 valence electrons. The highest BCUT2D eigenvalue weighted by atomic mass is 16.6. The lowest BCUT2D eigenvalue weighted by atomic mass is 10.1. The topological polar surface area (TPSA) is 99.1 Å². The van der Waals surface area contributed by atoms with Gasteiger partial charge < -0.3 is 23.8 Å². The van der Waals surface area contributed by atoms with Crippen LogP contribution in [0.25, 0.3) is 0 Å². The van der Waals surface area contributed by atoms with Crippen molar-refractivity contribution in [2.75, 3.05) is 41.0 Å². The Labute approximate surface area is 342 Å². The number of carbonyl (C=O) groups is 3. The van der Waals surface area contributed by atoms with Gasteiger partial charge >= 0.3 is 17.9 Å². The van der Waals surface area contributed by atoms with Crippen LogP contribution in [0.4, 0.5) is 0 Å². The van der Waals surface area contributed by atoms with E-state index in [0.717, 1.165) is 83.5 Å². The van der Waals surface area contributed by atoms with Crippen LogP contribution in [-0.2, 0) is 28.6 Å². The second-order valence-electron chi connectivity index (χ2n) is 15.2. The fourth-order valence-electron chi connectivity index (χ4n) is 5.74. The molecule has 0 amide bonds. The molecule has 2 atom stereocenters. The Morgan fingerprint density at radius 3 is 1.43 bits per heavy atom. The normalized spacial score (nSPS) is 13.8. The van der Waals surface area contributed by atoms with E-state index in [0.29, 0.717) is 19.3 Å². The van der Waals surface area contributed by atoms with Crippen molar-refractivity contribution in [3.05, 3.63) is 85.1 Å². The highest BCUT2D eigenvalue weighted by Crippen LogP contribution is 2.13. The van der Waals surface area contributed by atoms with E-state index >= 15 is 0 Å². The summed E-state index contributed by atoms with van der Waals surface area (Å²) in [6.45, 7) is 4.42. The van der Waals surface area contributed by atoms with Gasteiger partial charge in [0.25, 0.3) is 0 Å². The van der Waals surface area contributed by atoms with Gasteiger partial charge in [0.2, 0.25) is 0 Å². The highest BCUT2D eigenvalue weighted by molar-refractivity contribution is 5.72. The smallest absolute Gasteiger partial charge is 0.362 e. The zero-order chi connectivity index (χ0) is 41.4. The van der Waals surface area contributed by atoms with Gasteiger partial charge in [-0.3, -0.25) is 9.59 Å². The Morgan fingerprint density at radius 2 is 0.946 bits per heavy atom. The second kappa shape index (κ2) is 38.4. The molecule has 2 unspecified atom stereocenters. The van der Waals surface area contributed by atoms with Crippen molar-refractivity contribution in [3.63, 3.8) is 0 Å². The Kier molecular flexibility index (Phi) is 36.0. The van der Waals surface area contributed by atoms with E-state index in [2.05, 4.69) is 98.9 Å². The molecule has 0 aromatic heterocycles. The van der Waals surface area contributed by atoms with Crippen LogP contribution in [0.1, 0.15) is 149 Å². The van der Waals surface area contributed by atoms with Gasteiger partial charge in [0, 0.05) is 19.3 Å². The number of rotatable bonds is 37. The van der Waals surface area contributed by atoms with Gasteiger partial charge in [-0.05, 0) is 83.5 Å². The quantitative estimate of drug-likeness (QED) is 0.0290. The molecule has 1 N–H and O–H groups in total. The molecule has 0 rings (SSSR count). The van der Waals surface area contributed by atoms with Crippen molar-refractivity contribution < 1.29 is 38.2 Å². The molecule has 56 heavy (non-hydrogen) atoms. The zero-order valence-corrected chi connectivity index (χ0v) is 36.1. The summed E-state index contributed by atoms with van der Waals surface area (Å²) in [6.07, 6.45) is 49.3. The van der Waals surface area contributed by atoms with Crippen molar-refractivity contribution in [2.45, 2.75) is 161 Å². The van der Waals surface area contributed by atoms with E-state index in [1.54, 1.807) is 0 Å². The van der Waals surface area contributed by atoms with Crippen LogP contribution in [-0.4, -0.2) is 80.6 Å². The van der Waals surface area contributed by atoms with Crippen LogP contribution < -0.4 is 0 Å². The number of carboxylic acid groups (broad SMARTS) is 1. The number of hydrogen-bond donors (Lipinski definition) is 1. The second-order valence-corrected chi connectivity index (χ2v) is 15.2. The van der Waals surface area contributed by atoms with Crippen LogP contribution in [0.15, 0.2) is 85.1 Å². The molecular weight excluding hydrogens is 703 g/mol. The molecule has 0 saturated carbocycles. The molecule has 0 aromatic rings. The van der Waals surface area contributed by atoms with Crippen LogP contribution >= 0.6 is 0 Å². The minimum atomic E-state index is -0.887. The third kappa shape index (κ3) is 36.2. The Hall–Kier alpha value is -3.49. The molecule has 0 saturated heterocycles. The average Bonchev–Trinajstić information content (AvgIpc) is 3.15. The molecule has 0 aliphatic carbocycles. The summed E-state index contributed by atoms with van der Waals surface area (Å²) in [7, 11) is 5.49. The molecule has 0 spiro atoms. The minimum Gasteiger partial charge on any atom is -0.477 e. The lowest BCUT2D eigenvalue weighted by Gasteiger charge is -2.31. The van der Waals surface area contributed by atoms with Crippen LogP contribution in [0.5, 0.6) is 0 Å². The van der Waals surface area contributed by atoms with E-state index in [1.807, 2.05) is 21.1 Å². The average molecular weight is 783 g/mol. The first-order valence-electron chi connectivity index (χ1n) is 21.6. The SMILES string of the molecule is CC/C=C/C/C=C/C/C=C/C/C=C/C/C=C/CCCCCCCCCC(=O)OCC(COCCC(C(=O)O)[N+](C)(C)C)OC(=O)CCCC/C=C/C/C=C/CC. The maximum atomic E-state index is 12.6. The summed E-state index contributed by atoms with van der Waals surface area (Å²) in [5.74, 6) is -1.54. The van der Waals surface area contributed by atoms with Crippen LogP contribution in [0, 0.1) is 0 Å². The van der Waals surface area contributed by atoms with E-state index in [1.165, 1.54) is 25.7 Å². The Balaban J connectivity index is 4.27. The standard InChI is InChI=1S/C48H79NO7/c1-6-8-10-12-14-16-17-18-19-20-21-22-23-24-25-26-27-28-29-31-32-34-36-38-46(50)55-43-44(42-54-41-40-45(48(52)53)49(3,4)5)56-47(51)39-37-35-33-30-15-13-11-9-7-2/h8-11,14-16,18-19,21-22,24-25,30,44-45H,6-7,12-13,17,20,23,26-29,31-43H2,1-5H3/p+1/b10-8+,11-9+,16-14+,19-18+,22-21+,25-24+,30-15+. The number of carbonyl (C=O) groups excluding carboxylic acids is 2. The number of ether oxygens (including phenoxy) is 3. The molecule has 0 aliphatic rings. The number of nitrogens with zero attached hydrogens (tertiary/aromatic N) is 1. The zero-order valence-electron chi connectivity index (χ0n) is 36.1. The number of aliphatic carboxylic acids is 1. The van der Waals surface area contributed by atoms with E-state index in [9.17, 15) is 19.5 Å². The van der Waals surface area contributed by atoms with Crippen molar-refractivity contribution in [1.29, 1.82) is 0 Å². The number of likely N-dealkylation sites (N-methyl/N-ethyl adjacent to an activating group) is 1. The first-order chi connectivity index (χ1) is 27.1. The summed E-state index contributed by atoms with van der Waals surface area (Å²) in [5.41, 5.74) is 0. The predicted molar refractivity (Wildman–Crippen MR) is 233 cm³/mol. The van der Waals surface area contributed by atoms with E-state index in [-0.39, 0.29) is 42.7 Å². The maximum Gasteiger partial charge on any atom is 0.362 e. The molecule has 0 aliphatic heterocycles. The van der Waals surface area contributed by atoms with Gasteiger partial charge in [-0.2, -0.15) is 0 Å². The molecule has 0 bridgehead atoms. The van der Waals surface area contributed by atoms with Crippen molar-refractivity contribution in [1.82, 2.24) is 0 Å². The third-order valence-corrected chi connectivity index (χ3v) is 9.04. The predicted octanol–water partition coefficient (Wildman–Crippen LogP) is 11.7. The lowest BCUT2D eigenvalue weighted by molar-refractivity contribution is -0.887. The number of allylic oxidation sites excluding steroid dienone is 14. The van der Waals surface area contributed by atoms with Gasteiger partial charge in [-0.15, -0.1) is 0 Å². The number of esters is 2. The minimum absolute atomic E-state index is 0.0393. The van der Waals surface area contributed by atoms with Gasteiger partial charge in [-0.25, -0.2) is 4.79 Å². The first kappa shape index (κ1) is 52.5. The Morgan fingerprint density at radius 1 is 0.536 bits per heavy atom. The number of carboxylic acids is 1. The number of unbranched alkanes of at least 4 members (excludes halogenated alkanes) is 9. The molecular formula is C48H80NO7+. The van der Waals surface area contributed by atoms with Gasteiger partial charge in [-0.1, -0.05) is 131 Å². The van der Waals surface area contributed by atoms with Gasteiger partial charge in [0.05, 0.1) is 34.4 Å². The highest BCUT2D eigenvalue weighted by Gasteiger charge is 2.31. The van der Waals surface area contributed by atoms with E-state index in [4.69, 9.17) is 14.2 Å². The summed E-state index contributed by atoms with van der Waals surface area (Å²) < 4.78 is 17.2. The lowest BCUT2D eigenvalue weighted by Crippen LogP contribution is -2.50. The molecule has 8 nitrogen and oxygen atoms in total. The Bertz CT molecular complexity index is 1190. The molecule has 8 heteroatoms. The summed E-state index contributed by atoms with van der Waals surface area (Å²) in [4.78, 5) is 36.8. The number of hydrogen-bond acceptors (Lipinski definition) is 6. The fourth-order valence-corrected chi connectivity index (χ4v) is 5.74. The van der Waals surface area contributed by atoms with Crippen molar-refractivity contribution in [3.8, 4) is 0 Å². The molecule has 0 fully saturated rings. The summed E-state index contributed by atoms with van der Waals surface area (Å²) >= 11 is 0.